The Bertz CT molecular complexity index is 1660. The summed E-state index contributed by atoms with van der Waals surface area (Å²) >= 11 is 0. The van der Waals surface area contributed by atoms with E-state index >= 15 is 0 Å². The van der Waals surface area contributed by atoms with Crippen molar-refractivity contribution in [3.63, 3.8) is 0 Å². The summed E-state index contributed by atoms with van der Waals surface area (Å²) in [6.45, 7) is 0. The maximum Gasteiger partial charge on any atom is 0.241 e. The number of ether oxygens (including phenoxy) is 1. The maximum absolute atomic E-state index is 13.2. The molecular weight excluding hydrogens is 482 g/mol. The normalized spacial score (nSPS) is 13.2. The number of nitrogens with zero attached hydrogens (tertiary/aromatic N) is 6. The van der Waals surface area contributed by atoms with Gasteiger partial charge < -0.3 is 10.1 Å². The number of fused-ring (bicyclic) bond motifs is 3. The molecule has 1 aliphatic rings. The summed E-state index contributed by atoms with van der Waals surface area (Å²) in [5, 5.41) is 17.0. The summed E-state index contributed by atoms with van der Waals surface area (Å²) in [5.41, 5.74) is 3.61. The third-order valence-corrected chi connectivity index (χ3v) is 6.52. The van der Waals surface area contributed by atoms with Gasteiger partial charge >= 0.3 is 0 Å². The maximum atomic E-state index is 13.2. The van der Waals surface area contributed by atoms with Crippen molar-refractivity contribution in [3.05, 3.63) is 90.4 Å². The summed E-state index contributed by atoms with van der Waals surface area (Å²) < 4.78 is 7.02. The number of hydrogen-bond acceptors (Lipinski definition) is 7. The van der Waals surface area contributed by atoms with Gasteiger partial charge in [0.05, 0.1) is 24.2 Å². The molecule has 5 aromatic rings. The number of rotatable bonds is 6. The number of aryl methyl sites for hydroxylation is 2. The topological polar surface area (TPSA) is 115 Å². The summed E-state index contributed by atoms with van der Waals surface area (Å²) in [4.78, 5) is 31.5. The fourth-order valence-corrected chi connectivity index (χ4v) is 4.74. The lowest BCUT2D eigenvalue weighted by molar-refractivity contribution is -0.124. The predicted octanol–water partition coefficient (Wildman–Crippen LogP) is 4.01. The van der Waals surface area contributed by atoms with E-state index in [1.807, 2.05) is 72.8 Å². The van der Waals surface area contributed by atoms with Crippen molar-refractivity contribution in [2.24, 2.45) is 0 Å². The number of nitrogens with one attached hydrogen (secondary N) is 1. The van der Waals surface area contributed by atoms with E-state index in [0.29, 0.717) is 41.6 Å². The van der Waals surface area contributed by atoms with Gasteiger partial charge in [-0.1, -0.05) is 36.4 Å². The fourth-order valence-electron chi connectivity index (χ4n) is 4.74. The van der Waals surface area contributed by atoms with Gasteiger partial charge in [0.25, 0.3) is 0 Å². The van der Waals surface area contributed by atoms with Crippen LogP contribution in [0.1, 0.15) is 17.8 Å². The molecule has 10 nitrogen and oxygen atoms in total. The molecule has 3 aromatic carbocycles. The van der Waals surface area contributed by atoms with Crippen molar-refractivity contribution in [3.8, 4) is 11.6 Å². The third-order valence-electron chi connectivity index (χ3n) is 6.52. The monoisotopic (exact) mass is 505 g/mol. The highest BCUT2D eigenvalue weighted by molar-refractivity contribution is 6.21. The van der Waals surface area contributed by atoms with Gasteiger partial charge in [-0.25, -0.2) is 4.98 Å². The van der Waals surface area contributed by atoms with Gasteiger partial charge in [0, 0.05) is 29.3 Å². The van der Waals surface area contributed by atoms with Crippen molar-refractivity contribution in [1.29, 1.82) is 0 Å². The van der Waals surface area contributed by atoms with Crippen LogP contribution in [0.2, 0.25) is 0 Å². The Kier molecular flexibility index (Phi) is 5.97. The van der Waals surface area contributed by atoms with Crippen molar-refractivity contribution in [2.75, 3.05) is 17.3 Å². The minimum absolute atomic E-state index is 0.250. The Balaban J connectivity index is 1.31. The van der Waals surface area contributed by atoms with E-state index in [9.17, 15) is 9.59 Å². The van der Waals surface area contributed by atoms with E-state index in [0.717, 1.165) is 22.0 Å². The smallest absolute Gasteiger partial charge is 0.241 e. The molecule has 2 amide bonds. The molecule has 6 rings (SSSR count). The lowest BCUT2D eigenvalue weighted by Crippen LogP contribution is -2.26. The summed E-state index contributed by atoms with van der Waals surface area (Å²) in [5.74, 6) is 0.619. The van der Waals surface area contributed by atoms with Gasteiger partial charge in [-0.05, 0) is 58.6 Å². The number of pyridine rings is 1. The predicted molar refractivity (Wildman–Crippen MR) is 142 cm³/mol. The second kappa shape index (κ2) is 9.74. The molecule has 3 heterocycles. The van der Waals surface area contributed by atoms with Gasteiger partial charge in [0.15, 0.2) is 5.82 Å². The molecule has 1 aliphatic heterocycles. The van der Waals surface area contributed by atoms with Crippen molar-refractivity contribution >= 4 is 39.6 Å². The summed E-state index contributed by atoms with van der Waals surface area (Å²) in [7, 11) is 1.60. The molecule has 38 heavy (non-hydrogen) atoms. The molecule has 0 atom stereocenters. The highest BCUT2D eigenvalue weighted by Gasteiger charge is 2.28. The SMILES string of the molecule is COc1ncccc1CCc1nnnn1-c1ccc(N2C(=O)CC(=O)Nc3c2ccc2ccccc32)cc1. The van der Waals surface area contributed by atoms with E-state index in [1.54, 1.807) is 22.9 Å². The van der Waals surface area contributed by atoms with E-state index in [2.05, 4.69) is 25.8 Å². The van der Waals surface area contributed by atoms with Gasteiger partial charge in [0.2, 0.25) is 17.7 Å². The summed E-state index contributed by atoms with van der Waals surface area (Å²) in [6.07, 6.45) is 2.68. The van der Waals surface area contributed by atoms with E-state index in [4.69, 9.17) is 4.74 Å². The quantitative estimate of drug-likeness (QED) is 0.347. The van der Waals surface area contributed by atoms with Gasteiger partial charge in [0.1, 0.15) is 6.42 Å². The second-order valence-corrected chi connectivity index (χ2v) is 8.83. The molecular formula is C28H23N7O3. The molecule has 0 saturated heterocycles. The molecule has 0 aliphatic carbocycles. The van der Waals surface area contributed by atoms with E-state index < -0.39 is 0 Å². The van der Waals surface area contributed by atoms with Crippen LogP contribution in [0.25, 0.3) is 16.5 Å². The minimum atomic E-state index is -0.338. The van der Waals surface area contributed by atoms with Gasteiger partial charge in [-0.3, -0.25) is 14.5 Å². The van der Waals surface area contributed by atoms with Crippen LogP contribution in [-0.2, 0) is 22.4 Å². The largest absolute Gasteiger partial charge is 0.481 e. The van der Waals surface area contributed by atoms with Crippen LogP contribution in [0.15, 0.2) is 79.0 Å². The number of benzene rings is 3. The number of anilines is 3. The minimum Gasteiger partial charge on any atom is -0.481 e. The van der Waals surface area contributed by atoms with Gasteiger partial charge in [-0.2, -0.15) is 4.68 Å². The lowest BCUT2D eigenvalue weighted by atomic mass is 10.1. The Morgan fingerprint density at radius 3 is 2.58 bits per heavy atom. The first-order valence-electron chi connectivity index (χ1n) is 12.1. The average Bonchev–Trinajstić information content (AvgIpc) is 3.37. The fraction of sp³-hybridized carbons (Fsp3) is 0.143. The van der Waals surface area contributed by atoms with Crippen LogP contribution < -0.4 is 15.0 Å². The van der Waals surface area contributed by atoms with Crippen molar-refractivity contribution in [2.45, 2.75) is 19.3 Å². The molecule has 0 unspecified atom stereocenters. The Morgan fingerprint density at radius 2 is 1.74 bits per heavy atom. The highest BCUT2D eigenvalue weighted by Crippen LogP contribution is 2.40. The van der Waals surface area contributed by atoms with Crippen LogP contribution in [0.5, 0.6) is 5.88 Å². The number of methoxy groups -OCH3 is 1. The first-order valence-corrected chi connectivity index (χ1v) is 12.1. The molecule has 0 bridgehead atoms. The van der Waals surface area contributed by atoms with Crippen molar-refractivity contribution in [1.82, 2.24) is 25.2 Å². The standard InChI is InChI=1S/C28H23N7O3/c1-38-28-19(6-4-16-29-28)9-15-24-31-32-33-35(24)21-12-10-20(11-13-21)34-23-14-8-18-5-2-3-7-22(18)27(23)30-25(36)17-26(34)37/h2-8,10-14,16H,9,15,17H2,1H3,(H,30,36). The number of carbonyl (C=O) groups excluding carboxylic acids is 2. The van der Waals surface area contributed by atoms with Crippen LogP contribution in [0.4, 0.5) is 17.1 Å². The Morgan fingerprint density at radius 1 is 0.921 bits per heavy atom. The van der Waals surface area contributed by atoms with E-state index in [-0.39, 0.29) is 18.2 Å². The zero-order chi connectivity index (χ0) is 26.1. The molecule has 10 heteroatoms. The Labute approximate surface area is 217 Å². The third kappa shape index (κ3) is 4.21. The van der Waals surface area contributed by atoms with E-state index in [1.165, 1.54) is 0 Å². The molecule has 0 saturated carbocycles. The molecule has 0 radical (unpaired) electrons. The number of tetrazole rings is 1. The number of carbonyl (C=O) groups is 2. The molecule has 0 fully saturated rings. The molecule has 0 spiro atoms. The lowest BCUT2D eigenvalue weighted by Gasteiger charge is -2.23. The first kappa shape index (κ1) is 23.3. The highest BCUT2D eigenvalue weighted by atomic mass is 16.5. The number of amides is 2. The zero-order valence-electron chi connectivity index (χ0n) is 20.5. The second-order valence-electron chi connectivity index (χ2n) is 8.83. The number of hydrogen-bond donors (Lipinski definition) is 1. The van der Waals surface area contributed by atoms with Crippen LogP contribution in [-0.4, -0.2) is 44.1 Å². The van der Waals surface area contributed by atoms with Crippen molar-refractivity contribution < 1.29 is 14.3 Å². The van der Waals surface area contributed by atoms with Gasteiger partial charge in [-0.15, -0.1) is 5.10 Å². The molecule has 1 N–H and O–H groups in total. The average molecular weight is 506 g/mol. The zero-order valence-corrected chi connectivity index (χ0v) is 20.5. The molecule has 2 aromatic heterocycles. The first-order chi connectivity index (χ1) is 18.6. The van der Waals surface area contributed by atoms with Crippen LogP contribution in [0.3, 0.4) is 0 Å². The number of aromatic nitrogens is 5. The Hall–Kier alpha value is -5.12. The molecule has 188 valence electrons. The van der Waals surface area contributed by atoms with Crippen LogP contribution in [0, 0.1) is 0 Å². The van der Waals surface area contributed by atoms with Crippen LogP contribution >= 0.6 is 0 Å². The summed E-state index contributed by atoms with van der Waals surface area (Å²) in [6, 6.07) is 22.8.